The predicted molar refractivity (Wildman–Crippen MR) is 99.4 cm³/mol. The predicted octanol–water partition coefficient (Wildman–Crippen LogP) is 3.15. The molecule has 0 aromatic heterocycles. The van der Waals surface area contributed by atoms with Crippen LogP contribution in [0.4, 0.5) is 4.79 Å². The van der Waals surface area contributed by atoms with Crippen LogP contribution in [0.15, 0.2) is 30.3 Å². The molecule has 5 nitrogen and oxygen atoms in total. The molecule has 1 aromatic carbocycles. The molecule has 2 heterocycles. The molecule has 0 saturated carbocycles. The second-order valence-electron chi connectivity index (χ2n) is 6.52. The number of rotatable bonds is 5. The summed E-state index contributed by atoms with van der Waals surface area (Å²) in [5.74, 6) is -0.0617. The molecule has 0 bridgehead atoms. The summed E-state index contributed by atoms with van der Waals surface area (Å²) in [6, 6.07) is 7.75. The normalized spacial score (nSPS) is 18.4. The third kappa shape index (κ3) is 4.83. The highest BCUT2D eigenvalue weighted by Gasteiger charge is 2.25. The first-order chi connectivity index (χ1) is 12.1. The van der Waals surface area contributed by atoms with E-state index in [-0.39, 0.29) is 11.9 Å². The summed E-state index contributed by atoms with van der Waals surface area (Å²) in [4.78, 5) is 27.1. The monoisotopic (exact) mass is 361 g/mol. The van der Waals surface area contributed by atoms with Gasteiger partial charge in [-0.25, -0.2) is 4.79 Å². The number of imide groups is 1. The van der Waals surface area contributed by atoms with Crippen LogP contribution < -0.4 is 5.32 Å². The molecule has 1 saturated heterocycles. The van der Waals surface area contributed by atoms with Crippen molar-refractivity contribution in [3.05, 3.63) is 40.9 Å². The molecule has 134 valence electrons. The van der Waals surface area contributed by atoms with Crippen LogP contribution in [0.5, 0.6) is 0 Å². The Morgan fingerprint density at radius 3 is 2.60 bits per heavy atom. The van der Waals surface area contributed by atoms with Crippen LogP contribution >= 0.6 is 11.6 Å². The van der Waals surface area contributed by atoms with Gasteiger partial charge in [0, 0.05) is 44.2 Å². The van der Waals surface area contributed by atoms with Crippen molar-refractivity contribution in [2.75, 3.05) is 32.7 Å². The lowest BCUT2D eigenvalue weighted by Crippen LogP contribution is -2.41. The van der Waals surface area contributed by atoms with E-state index in [1.165, 1.54) is 16.0 Å². The zero-order valence-corrected chi connectivity index (χ0v) is 15.1. The van der Waals surface area contributed by atoms with Gasteiger partial charge in [0.1, 0.15) is 0 Å². The zero-order chi connectivity index (χ0) is 17.6. The SMILES string of the molecule is O=C1CCCN1C(=O)NCCCN1CC=C(c2ccc(Cl)cc2)CC1. The summed E-state index contributed by atoms with van der Waals surface area (Å²) in [7, 11) is 0. The number of nitrogens with one attached hydrogen (secondary N) is 1. The fourth-order valence-electron chi connectivity index (χ4n) is 3.30. The molecule has 6 heteroatoms. The molecule has 0 aliphatic carbocycles. The number of likely N-dealkylation sites (tertiary alicyclic amines) is 1. The standard InChI is InChI=1S/C19H24ClN3O2/c20-17-6-4-15(5-7-17)16-8-13-22(14-9-16)11-2-10-21-19(25)23-12-1-3-18(23)24/h4-8H,1-3,9-14H2,(H,21,25). The number of benzene rings is 1. The van der Waals surface area contributed by atoms with Crippen molar-refractivity contribution in [1.29, 1.82) is 0 Å². The molecule has 3 amide bonds. The lowest BCUT2D eigenvalue weighted by molar-refractivity contribution is -0.125. The van der Waals surface area contributed by atoms with Crippen molar-refractivity contribution in [2.24, 2.45) is 0 Å². The maximum absolute atomic E-state index is 11.9. The van der Waals surface area contributed by atoms with Crippen molar-refractivity contribution in [3.8, 4) is 0 Å². The van der Waals surface area contributed by atoms with Crippen LogP contribution in [0.1, 0.15) is 31.2 Å². The average Bonchev–Trinajstić information content (AvgIpc) is 3.06. The highest BCUT2D eigenvalue weighted by atomic mass is 35.5. The first-order valence-corrected chi connectivity index (χ1v) is 9.27. The molecule has 25 heavy (non-hydrogen) atoms. The van der Waals surface area contributed by atoms with Crippen LogP contribution in [-0.2, 0) is 4.79 Å². The van der Waals surface area contributed by atoms with E-state index in [0.717, 1.165) is 43.9 Å². The lowest BCUT2D eigenvalue weighted by Gasteiger charge is -2.26. The molecule has 3 rings (SSSR count). The second-order valence-corrected chi connectivity index (χ2v) is 6.96. The van der Waals surface area contributed by atoms with Gasteiger partial charge in [0.2, 0.25) is 5.91 Å². The van der Waals surface area contributed by atoms with Gasteiger partial charge in [0.15, 0.2) is 0 Å². The molecular weight excluding hydrogens is 338 g/mol. The Hall–Kier alpha value is -1.85. The van der Waals surface area contributed by atoms with Crippen LogP contribution in [0.25, 0.3) is 5.57 Å². The molecular formula is C19H24ClN3O2. The molecule has 1 fully saturated rings. The van der Waals surface area contributed by atoms with Gasteiger partial charge in [-0.3, -0.25) is 14.6 Å². The Balaban J connectivity index is 1.37. The number of hydrogen-bond acceptors (Lipinski definition) is 3. The number of halogens is 1. The van der Waals surface area contributed by atoms with E-state index in [2.05, 4.69) is 28.4 Å². The van der Waals surface area contributed by atoms with Gasteiger partial charge < -0.3 is 5.32 Å². The first-order valence-electron chi connectivity index (χ1n) is 8.89. The first kappa shape index (κ1) is 18.0. The van der Waals surface area contributed by atoms with E-state index in [1.807, 2.05) is 12.1 Å². The molecule has 0 atom stereocenters. The fraction of sp³-hybridized carbons (Fsp3) is 0.474. The van der Waals surface area contributed by atoms with E-state index in [9.17, 15) is 9.59 Å². The molecule has 0 unspecified atom stereocenters. The van der Waals surface area contributed by atoms with Crippen molar-refractivity contribution in [2.45, 2.75) is 25.7 Å². The minimum Gasteiger partial charge on any atom is -0.338 e. The van der Waals surface area contributed by atoms with Crippen LogP contribution in [-0.4, -0.2) is 54.5 Å². The lowest BCUT2D eigenvalue weighted by atomic mass is 9.99. The molecule has 0 spiro atoms. The molecule has 0 radical (unpaired) electrons. The van der Waals surface area contributed by atoms with Gasteiger partial charge in [0.25, 0.3) is 0 Å². The number of carbonyl (C=O) groups excluding carboxylic acids is 2. The number of nitrogens with zero attached hydrogens (tertiary/aromatic N) is 2. The van der Waals surface area contributed by atoms with Gasteiger partial charge in [-0.05, 0) is 42.5 Å². The Labute approximate surface area is 153 Å². The van der Waals surface area contributed by atoms with Gasteiger partial charge >= 0.3 is 6.03 Å². The third-order valence-corrected chi connectivity index (χ3v) is 5.01. The van der Waals surface area contributed by atoms with E-state index in [4.69, 9.17) is 11.6 Å². The maximum Gasteiger partial charge on any atom is 0.324 e. The van der Waals surface area contributed by atoms with Crippen LogP contribution in [0.2, 0.25) is 5.02 Å². The Kier molecular flexibility index (Phi) is 6.10. The molecule has 1 N–H and O–H groups in total. The van der Waals surface area contributed by atoms with Crippen molar-refractivity contribution in [3.63, 3.8) is 0 Å². The quantitative estimate of drug-likeness (QED) is 0.820. The number of carbonyl (C=O) groups is 2. The van der Waals surface area contributed by atoms with E-state index >= 15 is 0 Å². The highest BCUT2D eigenvalue weighted by Crippen LogP contribution is 2.23. The fourth-order valence-corrected chi connectivity index (χ4v) is 3.42. The highest BCUT2D eigenvalue weighted by molar-refractivity contribution is 6.30. The van der Waals surface area contributed by atoms with Crippen LogP contribution in [0.3, 0.4) is 0 Å². The van der Waals surface area contributed by atoms with Gasteiger partial charge in [-0.2, -0.15) is 0 Å². The summed E-state index contributed by atoms with van der Waals surface area (Å²) in [5.41, 5.74) is 2.61. The van der Waals surface area contributed by atoms with E-state index < -0.39 is 0 Å². The minimum absolute atomic E-state index is 0.0617. The Bertz CT molecular complexity index is 657. The summed E-state index contributed by atoms with van der Waals surface area (Å²) >= 11 is 5.94. The van der Waals surface area contributed by atoms with Gasteiger partial charge in [0.05, 0.1) is 0 Å². The Morgan fingerprint density at radius 2 is 1.96 bits per heavy atom. The third-order valence-electron chi connectivity index (χ3n) is 4.75. The molecule has 2 aliphatic heterocycles. The number of amides is 3. The maximum atomic E-state index is 11.9. The molecule has 1 aromatic rings. The van der Waals surface area contributed by atoms with Crippen molar-refractivity contribution >= 4 is 29.1 Å². The van der Waals surface area contributed by atoms with Gasteiger partial charge in [-0.15, -0.1) is 0 Å². The molecule has 2 aliphatic rings. The number of hydrogen-bond donors (Lipinski definition) is 1. The summed E-state index contributed by atoms with van der Waals surface area (Å²) in [6.45, 7) is 4.05. The number of urea groups is 1. The summed E-state index contributed by atoms with van der Waals surface area (Å²) in [5, 5.41) is 3.61. The summed E-state index contributed by atoms with van der Waals surface area (Å²) in [6.07, 6.45) is 5.45. The second kappa shape index (κ2) is 8.50. The van der Waals surface area contributed by atoms with Gasteiger partial charge in [-0.1, -0.05) is 29.8 Å². The van der Waals surface area contributed by atoms with E-state index in [1.54, 1.807) is 0 Å². The minimum atomic E-state index is -0.244. The van der Waals surface area contributed by atoms with Crippen molar-refractivity contribution < 1.29 is 9.59 Å². The zero-order valence-electron chi connectivity index (χ0n) is 14.3. The summed E-state index contributed by atoms with van der Waals surface area (Å²) < 4.78 is 0. The van der Waals surface area contributed by atoms with Crippen LogP contribution in [0, 0.1) is 0 Å². The topological polar surface area (TPSA) is 52.7 Å². The van der Waals surface area contributed by atoms with Crippen molar-refractivity contribution in [1.82, 2.24) is 15.1 Å². The van der Waals surface area contributed by atoms with E-state index in [0.29, 0.717) is 19.5 Å². The smallest absolute Gasteiger partial charge is 0.324 e. The largest absolute Gasteiger partial charge is 0.338 e. The average molecular weight is 362 g/mol. The Morgan fingerprint density at radius 1 is 1.16 bits per heavy atom.